The molecule has 0 saturated carbocycles. The number of amidine groups is 1. The van der Waals surface area contributed by atoms with Crippen molar-refractivity contribution in [3.05, 3.63) is 94.0 Å². The van der Waals surface area contributed by atoms with Crippen molar-refractivity contribution in [3.8, 4) is 0 Å². The summed E-state index contributed by atoms with van der Waals surface area (Å²) in [5.74, 6) is -0.937. The largest absolute Gasteiger partial charge is 0.381 e. The summed E-state index contributed by atoms with van der Waals surface area (Å²) in [6.07, 6.45) is 3.15. The Bertz CT molecular complexity index is 1430. The fourth-order valence-corrected chi connectivity index (χ4v) is 5.47. The molecular formula is C33H39F2N5O2. The zero-order valence-electron chi connectivity index (χ0n) is 24.6. The lowest BCUT2D eigenvalue weighted by atomic mass is 9.99. The van der Waals surface area contributed by atoms with Crippen molar-refractivity contribution >= 4 is 23.1 Å². The molecule has 2 heterocycles. The van der Waals surface area contributed by atoms with Crippen molar-refractivity contribution in [2.75, 3.05) is 57.7 Å². The molecule has 2 aliphatic heterocycles. The molecule has 222 valence electrons. The van der Waals surface area contributed by atoms with Crippen molar-refractivity contribution in [3.63, 3.8) is 0 Å². The summed E-state index contributed by atoms with van der Waals surface area (Å²) >= 11 is 0. The van der Waals surface area contributed by atoms with E-state index in [-0.39, 0.29) is 11.9 Å². The zero-order valence-corrected chi connectivity index (χ0v) is 24.6. The average molecular weight is 576 g/mol. The molecule has 3 aromatic carbocycles. The highest BCUT2D eigenvalue weighted by Crippen LogP contribution is 2.27. The smallest absolute Gasteiger partial charge is 0.258 e. The van der Waals surface area contributed by atoms with E-state index < -0.39 is 11.6 Å². The van der Waals surface area contributed by atoms with E-state index in [1.807, 2.05) is 30.3 Å². The molecular weight excluding hydrogens is 536 g/mol. The van der Waals surface area contributed by atoms with Crippen LogP contribution in [0.1, 0.15) is 51.9 Å². The molecule has 0 aliphatic carbocycles. The van der Waals surface area contributed by atoms with Crippen LogP contribution < -0.4 is 15.5 Å². The zero-order chi connectivity index (χ0) is 29.6. The number of amides is 1. The number of aliphatic imine (C=N–C) groups is 1. The normalized spacial score (nSPS) is 15.0. The van der Waals surface area contributed by atoms with Gasteiger partial charge in [0, 0.05) is 55.9 Å². The van der Waals surface area contributed by atoms with Gasteiger partial charge in [-0.2, -0.15) is 0 Å². The van der Waals surface area contributed by atoms with Crippen molar-refractivity contribution in [1.82, 2.24) is 10.2 Å². The van der Waals surface area contributed by atoms with E-state index in [0.29, 0.717) is 43.1 Å². The van der Waals surface area contributed by atoms with E-state index in [1.165, 1.54) is 12.1 Å². The van der Waals surface area contributed by atoms with Gasteiger partial charge in [-0.25, -0.2) is 8.78 Å². The number of carbonyl (C=O) groups is 1. The molecule has 42 heavy (non-hydrogen) atoms. The van der Waals surface area contributed by atoms with Crippen LogP contribution in [0.2, 0.25) is 0 Å². The van der Waals surface area contributed by atoms with Crippen molar-refractivity contribution in [1.29, 1.82) is 0 Å². The Morgan fingerprint density at radius 1 is 0.952 bits per heavy atom. The summed E-state index contributed by atoms with van der Waals surface area (Å²) < 4.78 is 33.0. The van der Waals surface area contributed by atoms with Crippen molar-refractivity contribution in [2.45, 2.75) is 38.3 Å². The molecule has 3 aromatic rings. The standard InChI is InChI=1S/C33H39F2N5O2/c1-39(2)11-4-12-40(3)28-7-8-29(31(20-28)37-27-9-13-42-14-10-27)33(41)38-32-30-18-22(5-6-24(30)21-36-32)15-23-16-25(34)19-26(35)17-23/h5-8,16-20,27,37H,4,9-15,21H2,1-3H3,(H,36,38,41). The van der Waals surface area contributed by atoms with Gasteiger partial charge < -0.3 is 25.2 Å². The number of nitrogens with one attached hydrogen (secondary N) is 2. The first kappa shape index (κ1) is 29.7. The predicted molar refractivity (Wildman–Crippen MR) is 164 cm³/mol. The van der Waals surface area contributed by atoms with Crippen LogP contribution in [0.25, 0.3) is 0 Å². The van der Waals surface area contributed by atoms with Gasteiger partial charge in [-0.3, -0.25) is 9.79 Å². The fourth-order valence-electron chi connectivity index (χ4n) is 5.47. The number of nitrogens with zero attached hydrogens (tertiary/aromatic N) is 3. The summed E-state index contributed by atoms with van der Waals surface area (Å²) in [7, 11) is 6.22. The highest BCUT2D eigenvalue weighted by Gasteiger charge is 2.23. The number of carbonyl (C=O) groups excluding carboxylic acids is 1. The Morgan fingerprint density at radius 3 is 2.45 bits per heavy atom. The summed E-state index contributed by atoms with van der Waals surface area (Å²) in [5.41, 5.74) is 5.63. The predicted octanol–water partition coefficient (Wildman–Crippen LogP) is 5.22. The number of fused-ring (bicyclic) bond motifs is 1. The van der Waals surface area contributed by atoms with E-state index in [9.17, 15) is 13.6 Å². The van der Waals surface area contributed by atoms with E-state index in [0.717, 1.165) is 66.5 Å². The molecule has 5 rings (SSSR count). The third-order valence-electron chi connectivity index (χ3n) is 7.77. The monoisotopic (exact) mass is 575 g/mol. The highest BCUT2D eigenvalue weighted by atomic mass is 19.1. The van der Waals surface area contributed by atoms with E-state index >= 15 is 0 Å². The second kappa shape index (κ2) is 13.4. The van der Waals surface area contributed by atoms with Crippen LogP contribution in [0.15, 0.2) is 59.6 Å². The van der Waals surface area contributed by atoms with Gasteiger partial charge in [-0.05, 0) is 99.4 Å². The lowest BCUT2D eigenvalue weighted by Crippen LogP contribution is -2.33. The van der Waals surface area contributed by atoms with Crippen LogP contribution in [0.4, 0.5) is 20.2 Å². The quantitative estimate of drug-likeness (QED) is 0.347. The number of ether oxygens (including phenoxy) is 1. The van der Waals surface area contributed by atoms with Gasteiger partial charge in [0.15, 0.2) is 0 Å². The van der Waals surface area contributed by atoms with Crippen molar-refractivity contribution in [2.24, 2.45) is 4.99 Å². The molecule has 1 amide bonds. The Hall–Kier alpha value is -3.82. The van der Waals surface area contributed by atoms with Gasteiger partial charge in [-0.15, -0.1) is 0 Å². The maximum absolute atomic E-state index is 13.7. The SMILES string of the molecule is CN(C)CCCN(C)c1ccc(C(=O)NC2=NCc3ccc(Cc4cc(F)cc(F)c4)cc32)c(NC2CCOCC2)c1. The molecule has 1 fully saturated rings. The van der Waals surface area contributed by atoms with Gasteiger partial charge >= 0.3 is 0 Å². The summed E-state index contributed by atoms with van der Waals surface area (Å²) in [4.78, 5) is 22.7. The van der Waals surface area contributed by atoms with Crippen LogP contribution in [-0.4, -0.2) is 70.1 Å². The first-order chi connectivity index (χ1) is 20.2. The molecule has 2 N–H and O–H groups in total. The van der Waals surface area contributed by atoms with Crippen LogP contribution in [0.5, 0.6) is 0 Å². The second-order valence-corrected chi connectivity index (χ2v) is 11.4. The van der Waals surface area contributed by atoms with Gasteiger partial charge in [-0.1, -0.05) is 12.1 Å². The number of anilines is 2. The molecule has 0 aromatic heterocycles. The van der Waals surface area contributed by atoms with Crippen LogP contribution in [-0.2, 0) is 17.7 Å². The first-order valence-electron chi connectivity index (χ1n) is 14.5. The maximum atomic E-state index is 13.7. The summed E-state index contributed by atoms with van der Waals surface area (Å²) in [6.45, 7) is 3.76. The molecule has 9 heteroatoms. The lowest BCUT2D eigenvalue weighted by molar-refractivity contribution is 0.0904. The van der Waals surface area contributed by atoms with Crippen LogP contribution >= 0.6 is 0 Å². The highest BCUT2D eigenvalue weighted by molar-refractivity contribution is 6.15. The number of hydrogen-bond acceptors (Lipinski definition) is 6. The minimum atomic E-state index is -0.600. The Balaban J connectivity index is 1.34. The number of rotatable bonds is 10. The van der Waals surface area contributed by atoms with Gasteiger partial charge in [0.05, 0.1) is 12.1 Å². The van der Waals surface area contributed by atoms with Gasteiger partial charge in [0.1, 0.15) is 17.5 Å². The Morgan fingerprint density at radius 2 is 1.71 bits per heavy atom. The third kappa shape index (κ3) is 7.52. The van der Waals surface area contributed by atoms with E-state index in [1.54, 1.807) is 0 Å². The molecule has 0 bridgehead atoms. The van der Waals surface area contributed by atoms with Gasteiger partial charge in [0.25, 0.3) is 5.91 Å². The molecule has 0 atom stereocenters. The molecule has 0 unspecified atom stereocenters. The van der Waals surface area contributed by atoms with Crippen LogP contribution in [0, 0.1) is 11.6 Å². The van der Waals surface area contributed by atoms with E-state index in [2.05, 4.69) is 52.6 Å². The summed E-state index contributed by atoms with van der Waals surface area (Å²) in [6, 6.07) is 15.5. The minimum Gasteiger partial charge on any atom is -0.381 e. The van der Waals surface area contributed by atoms with Gasteiger partial charge in [0.2, 0.25) is 0 Å². The fraction of sp³-hybridized carbons (Fsp3) is 0.394. The molecule has 7 nitrogen and oxygen atoms in total. The third-order valence-corrected chi connectivity index (χ3v) is 7.77. The summed E-state index contributed by atoms with van der Waals surface area (Å²) in [5, 5.41) is 6.65. The molecule has 1 saturated heterocycles. The molecule has 0 radical (unpaired) electrons. The number of halogens is 2. The topological polar surface area (TPSA) is 69.2 Å². The molecule has 2 aliphatic rings. The number of hydrogen-bond donors (Lipinski definition) is 2. The second-order valence-electron chi connectivity index (χ2n) is 11.4. The minimum absolute atomic E-state index is 0.222. The van der Waals surface area contributed by atoms with Crippen molar-refractivity contribution < 1.29 is 18.3 Å². The maximum Gasteiger partial charge on any atom is 0.258 e. The van der Waals surface area contributed by atoms with E-state index in [4.69, 9.17) is 4.74 Å². The first-order valence-corrected chi connectivity index (χ1v) is 14.5. The lowest BCUT2D eigenvalue weighted by Gasteiger charge is -2.27. The number of benzene rings is 3. The van der Waals surface area contributed by atoms with Crippen LogP contribution in [0.3, 0.4) is 0 Å². The average Bonchev–Trinajstić information content (AvgIpc) is 3.34. The Kier molecular flexibility index (Phi) is 9.49. The Labute approximate surface area is 246 Å². The molecule has 0 spiro atoms.